The first-order valence-corrected chi connectivity index (χ1v) is 11.6. The van der Waals surface area contributed by atoms with E-state index in [4.69, 9.17) is 9.15 Å². The molecular formula is C26H20BrN3O4. The number of hydrogen-bond donors (Lipinski definition) is 1. The molecule has 8 heteroatoms. The summed E-state index contributed by atoms with van der Waals surface area (Å²) in [6.07, 6.45) is 3.79. The van der Waals surface area contributed by atoms with Gasteiger partial charge in [-0.25, -0.2) is 10.2 Å². The normalized spacial score (nSPS) is 14.1. The number of esters is 1. The Kier molecular flexibility index (Phi) is 5.98. The minimum Gasteiger partial charge on any atom is -0.453 e. The zero-order valence-electron chi connectivity index (χ0n) is 18.3. The second-order valence-corrected chi connectivity index (χ2v) is 8.76. The maximum atomic E-state index is 13.1. The number of halogens is 1. The fourth-order valence-corrected chi connectivity index (χ4v) is 4.54. The number of nitrogens with one attached hydrogen (secondary N) is 1. The number of hydrazone groups is 1. The van der Waals surface area contributed by atoms with Crippen LogP contribution in [0.25, 0.3) is 10.9 Å². The van der Waals surface area contributed by atoms with Crippen LogP contribution in [0.2, 0.25) is 0 Å². The SMILES string of the molecule is Cc1c(C(=O)Oc2ccc(Br)c3cccnc23)oc2c1/C(=N/NC(=O)c1ccccc1)CCC2. The van der Waals surface area contributed by atoms with Crippen molar-refractivity contribution in [3.05, 3.63) is 93.5 Å². The van der Waals surface area contributed by atoms with Gasteiger partial charge < -0.3 is 9.15 Å². The molecule has 0 saturated carbocycles. The van der Waals surface area contributed by atoms with E-state index in [0.717, 1.165) is 21.8 Å². The number of rotatable bonds is 4. The number of ether oxygens (including phenoxy) is 1. The van der Waals surface area contributed by atoms with Crippen molar-refractivity contribution in [2.75, 3.05) is 0 Å². The van der Waals surface area contributed by atoms with E-state index in [-0.39, 0.29) is 11.7 Å². The molecular weight excluding hydrogens is 498 g/mol. The van der Waals surface area contributed by atoms with Crippen LogP contribution in [0.4, 0.5) is 0 Å². The lowest BCUT2D eigenvalue weighted by molar-refractivity contribution is 0.0700. The smallest absolute Gasteiger partial charge is 0.380 e. The van der Waals surface area contributed by atoms with Crippen LogP contribution in [-0.2, 0) is 6.42 Å². The van der Waals surface area contributed by atoms with Crippen molar-refractivity contribution < 1.29 is 18.7 Å². The van der Waals surface area contributed by atoms with Gasteiger partial charge in [0.05, 0.1) is 5.71 Å². The molecule has 0 unspecified atom stereocenters. The van der Waals surface area contributed by atoms with Crippen molar-refractivity contribution in [2.45, 2.75) is 26.2 Å². The molecule has 1 aliphatic rings. The lowest BCUT2D eigenvalue weighted by Gasteiger charge is -2.13. The van der Waals surface area contributed by atoms with E-state index in [9.17, 15) is 9.59 Å². The van der Waals surface area contributed by atoms with Crippen LogP contribution >= 0.6 is 15.9 Å². The van der Waals surface area contributed by atoms with Gasteiger partial charge in [0.25, 0.3) is 5.91 Å². The Bertz CT molecular complexity index is 1440. The molecule has 0 spiro atoms. The van der Waals surface area contributed by atoms with Crippen LogP contribution in [0, 0.1) is 6.92 Å². The van der Waals surface area contributed by atoms with Gasteiger partial charge in [0.1, 0.15) is 11.3 Å². The highest BCUT2D eigenvalue weighted by Gasteiger charge is 2.29. The van der Waals surface area contributed by atoms with Gasteiger partial charge in [-0.1, -0.05) is 40.2 Å². The molecule has 0 radical (unpaired) electrons. The monoisotopic (exact) mass is 517 g/mol. The molecule has 2 heterocycles. The molecule has 2 aromatic heterocycles. The second kappa shape index (κ2) is 9.23. The van der Waals surface area contributed by atoms with Gasteiger partial charge in [-0.3, -0.25) is 9.78 Å². The summed E-state index contributed by atoms with van der Waals surface area (Å²) in [5, 5.41) is 5.20. The first kappa shape index (κ1) is 22.0. The van der Waals surface area contributed by atoms with E-state index in [1.807, 2.05) is 24.3 Å². The van der Waals surface area contributed by atoms with E-state index < -0.39 is 5.97 Å². The number of carbonyl (C=O) groups excluding carboxylic acids is 2. The van der Waals surface area contributed by atoms with Crippen molar-refractivity contribution in [1.82, 2.24) is 10.4 Å². The summed E-state index contributed by atoms with van der Waals surface area (Å²) in [4.78, 5) is 29.8. The quantitative estimate of drug-likeness (QED) is 0.216. The highest BCUT2D eigenvalue weighted by atomic mass is 79.9. The van der Waals surface area contributed by atoms with Crippen LogP contribution in [0.1, 0.15) is 50.6 Å². The first-order valence-electron chi connectivity index (χ1n) is 10.8. The average Bonchev–Trinajstić information content (AvgIpc) is 3.22. The molecule has 0 aliphatic heterocycles. The standard InChI is InChI=1S/C26H20BrN3O4/c1-15-22-19(29-30-25(31)16-7-3-2-4-8-16)10-5-11-20(22)33-24(15)26(32)34-21-13-12-18(27)17-9-6-14-28-23(17)21/h2-4,6-9,12-14H,5,10-11H2,1H3,(H,30,31)/b29-19+. The summed E-state index contributed by atoms with van der Waals surface area (Å²) in [6.45, 7) is 1.80. The number of benzene rings is 2. The predicted octanol–water partition coefficient (Wildman–Crippen LogP) is 5.59. The fourth-order valence-electron chi connectivity index (χ4n) is 4.09. The Morgan fingerprint density at radius 3 is 2.74 bits per heavy atom. The Balaban J connectivity index is 1.42. The number of fused-ring (bicyclic) bond motifs is 2. The lowest BCUT2D eigenvalue weighted by atomic mass is 9.93. The molecule has 0 fully saturated rings. The van der Waals surface area contributed by atoms with Gasteiger partial charge in [0.2, 0.25) is 5.76 Å². The van der Waals surface area contributed by atoms with Crippen molar-refractivity contribution in [3.63, 3.8) is 0 Å². The first-order chi connectivity index (χ1) is 16.5. The Labute approximate surface area is 204 Å². The summed E-state index contributed by atoms with van der Waals surface area (Å²) >= 11 is 3.50. The number of pyridine rings is 1. The van der Waals surface area contributed by atoms with Crippen molar-refractivity contribution in [3.8, 4) is 5.75 Å². The number of nitrogens with zero attached hydrogens (tertiary/aromatic N) is 2. The predicted molar refractivity (Wildman–Crippen MR) is 131 cm³/mol. The summed E-state index contributed by atoms with van der Waals surface area (Å²) in [5.41, 5.74) is 5.79. The van der Waals surface area contributed by atoms with Gasteiger partial charge in [0, 0.05) is 39.2 Å². The molecule has 170 valence electrons. The van der Waals surface area contributed by atoms with E-state index in [0.29, 0.717) is 46.7 Å². The van der Waals surface area contributed by atoms with E-state index in [1.54, 1.807) is 43.5 Å². The third-order valence-corrected chi connectivity index (χ3v) is 6.41. The highest BCUT2D eigenvalue weighted by Crippen LogP contribution is 2.33. The Hall–Kier alpha value is -3.78. The molecule has 34 heavy (non-hydrogen) atoms. The maximum absolute atomic E-state index is 13.1. The zero-order chi connectivity index (χ0) is 23.7. The number of hydrogen-bond acceptors (Lipinski definition) is 6. The number of furan rings is 1. The van der Waals surface area contributed by atoms with Crippen LogP contribution in [-0.4, -0.2) is 22.6 Å². The molecule has 1 amide bonds. The van der Waals surface area contributed by atoms with Gasteiger partial charge >= 0.3 is 5.97 Å². The second-order valence-electron chi connectivity index (χ2n) is 7.91. The van der Waals surface area contributed by atoms with Gasteiger partial charge in [-0.05, 0) is 50.1 Å². The minimum atomic E-state index is -0.603. The molecule has 2 aromatic carbocycles. The topological polar surface area (TPSA) is 93.8 Å². The van der Waals surface area contributed by atoms with Crippen molar-refractivity contribution in [2.24, 2.45) is 5.10 Å². The van der Waals surface area contributed by atoms with Gasteiger partial charge in [-0.15, -0.1) is 0 Å². The summed E-state index contributed by atoms with van der Waals surface area (Å²) < 4.78 is 12.5. The van der Waals surface area contributed by atoms with Crippen LogP contribution < -0.4 is 10.2 Å². The van der Waals surface area contributed by atoms with Gasteiger partial charge in [-0.2, -0.15) is 5.10 Å². The van der Waals surface area contributed by atoms with E-state index >= 15 is 0 Å². The molecule has 1 N–H and O–H groups in total. The molecule has 1 aliphatic carbocycles. The number of aryl methyl sites for hydroxylation is 1. The summed E-state index contributed by atoms with van der Waals surface area (Å²) in [6, 6.07) is 16.1. The minimum absolute atomic E-state index is 0.126. The van der Waals surface area contributed by atoms with Crippen molar-refractivity contribution >= 4 is 44.4 Å². The molecule has 0 bridgehead atoms. The van der Waals surface area contributed by atoms with E-state index in [2.05, 4.69) is 31.4 Å². The van der Waals surface area contributed by atoms with Crippen LogP contribution in [0.3, 0.4) is 0 Å². The Morgan fingerprint density at radius 2 is 1.91 bits per heavy atom. The number of carbonyl (C=O) groups is 2. The number of amides is 1. The lowest BCUT2D eigenvalue weighted by Crippen LogP contribution is -2.22. The highest BCUT2D eigenvalue weighted by molar-refractivity contribution is 9.10. The Morgan fingerprint density at radius 1 is 1.09 bits per heavy atom. The molecule has 0 atom stereocenters. The van der Waals surface area contributed by atoms with Crippen molar-refractivity contribution in [1.29, 1.82) is 0 Å². The summed E-state index contributed by atoms with van der Waals surface area (Å²) in [5.74, 6) is 0.245. The third kappa shape index (κ3) is 4.12. The van der Waals surface area contributed by atoms with Crippen LogP contribution in [0.15, 0.2) is 74.8 Å². The molecule has 0 saturated heterocycles. The number of aromatic nitrogens is 1. The van der Waals surface area contributed by atoms with E-state index in [1.165, 1.54) is 0 Å². The largest absolute Gasteiger partial charge is 0.453 e. The van der Waals surface area contributed by atoms with Gasteiger partial charge in [0.15, 0.2) is 5.75 Å². The maximum Gasteiger partial charge on any atom is 0.380 e. The average molecular weight is 518 g/mol. The molecule has 7 nitrogen and oxygen atoms in total. The molecule has 5 rings (SSSR count). The third-order valence-electron chi connectivity index (χ3n) is 5.72. The van der Waals surface area contributed by atoms with Crippen LogP contribution in [0.5, 0.6) is 5.75 Å². The fraction of sp³-hybridized carbons (Fsp3) is 0.154. The zero-order valence-corrected chi connectivity index (χ0v) is 19.9. The summed E-state index contributed by atoms with van der Waals surface area (Å²) in [7, 11) is 0. The molecule has 4 aromatic rings.